The molecule has 0 aliphatic carbocycles. The van der Waals surface area contributed by atoms with Crippen LogP contribution in [0.3, 0.4) is 0 Å². The summed E-state index contributed by atoms with van der Waals surface area (Å²) in [6, 6.07) is 8.86. The van der Waals surface area contributed by atoms with Crippen molar-refractivity contribution in [3.05, 3.63) is 61.9 Å². The summed E-state index contributed by atoms with van der Waals surface area (Å²) in [6.45, 7) is 6.47. The summed E-state index contributed by atoms with van der Waals surface area (Å²) in [5, 5.41) is 12.1. The van der Waals surface area contributed by atoms with Gasteiger partial charge in [0.1, 0.15) is 18.2 Å². The van der Waals surface area contributed by atoms with Gasteiger partial charge in [0.2, 0.25) is 5.91 Å². The third-order valence-corrected chi connectivity index (χ3v) is 5.24. The lowest BCUT2D eigenvalue weighted by atomic mass is 10.1. The van der Waals surface area contributed by atoms with Crippen molar-refractivity contribution in [2.75, 3.05) is 12.4 Å². The maximum Gasteiger partial charge on any atom is 0.329 e. The van der Waals surface area contributed by atoms with Gasteiger partial charge in [-0.05, 0) is 45.0 Å². The highest BCUT2D eigenvalue weighted by atomic mass is 16.5. The zero-order valence-electron chi connectivity index (χ0n) is 18.1. The SMILES string of the molecule is CCn1c(=O)n(CC)c2cc(NC(=O)Cn3c(C)cc(COC)c(C#N)c3=O)ccc21. The summed E-state index contributed by atoms with van der Waals surface area (Å²) < 4.78 is 9.64. The minimum absolute atomic E-state index is 0.0328. The van der Waals surface area contributed by atoms with Crippen LogP contribution in [-0.2, 0) is 35.8 Å². The van der Waals surface area contributed by atoms with Crippen molar-refractivity contribution >= 4 is 22.6 Å². The highest BCUT2D eigenvalue weighted by Gasteiger charge is 2.16. The number of benzene rings is 1. The molecule has 162 valence electrons. The number of carbonyl (C=O) groups excluding carboxylic acids is 1. The van der Waals surface area contributed by atoms with Gasteiger partial charge < -0.3 is 14.6 Å². The van der Waals surface area contributed by atoms with Crippen LogP contribution in [0, 0.1) is 18.3 Å². The molecule has 2 aromatic heterocycles. The molecular formula is C22H25N5O4. The van der Waals surface area contributed by atoms with Gasteiger partial charge in [0.05, 0.1) is 17.6 Å². The highest BCUT2D eigenvalue weighted by Crippen LogP contribution is 2.19. The fourth-order valence-corrected chi connectivity index (χ4v) is 3.77. The molecule has 0 fully saturated rings. The minimum Gasteiger partial charge on any atom is -0.380 e. The van der Waals surface area contributed by atoms with E-state index in [1.165, 1.54) is 11.7 Å². The molecule has 0 radical (unpaired) electrons. The van der Waals surface area contributed by atoms with Crippen molar-refractivity contribution in [2.24, 2.45) is 0 Å². The number of carbonyl (C=O) groups is 1. The first kappa shape index (κ1) is 22.1. The Kier molecular flexibility index (Phi) is 6.42. The Morgan fingerprint density at radius 3 is 2.39 bits per heavy atom. The van der Waals surface area contributed by atoms with Crippen LogP contribution in [0.2, 0.25) is 0 Å². The lowest BCUT2D eigenvalue weighted by molar-refractivity contribution is -0.116. The van der Waals surface area contributed by atoms with Crippen LogP contribution in [0.15, 0.2) is 33.9 Å². The highest BCUT2D eigenvalue weighted by molar-refractivity contribution is 5.93. The van der Waals surface area contributed by atoms with Crippen molar-refractivity contribution < 1.29 is 9.53 Å². The Morgan fingerprint density at radius 2 is 1.77 bits per heavy atom. The number of hydrogen-bond donors (Lipinski definition) is 1. The summed E-state index contributed by atoms with van der Waals surface area (Å²) in [5.41, 5.74) is 2.45. The quantitative estimate of drug-likeness (QED) is 0.625. The second kappa shape index (κ2) is 9.02. The first-order valence-electron chi connectivity index (χ1n) is 10.0. The number of aromatic nitrogens is 3. The summed E-state index contributed by atoms with van der Waals surface area (Å²) in [6.07, 6.45) is 0. The number of nitriles is 1. The van der Waals surface area contributed by atoms with E-state index in [1.807, 2.05) is 19.9 Å². The van der Waals surface area contributed by atoms with Crippen LogP contribution >= 0.6 is 0 Å². The van der Waals surface area contributed by atoms with E-state index in [0.29, 0.717) is 30.0 Å². The Labute approximate surface area is 179 Å². The first-order valence-corrected chi connectivity index (χ1v) is 10.0. The van der Waals surface area contributed by atoms with Crippen molar-refractivity contribution in [3.8, 4) is 6.07 Å². The molecule has 1 N–H and O–H groups in total. The largest absolute Gasteiger partial charge is 0.380 e. The van der Waals surface area contributed by atoms with E-state index in [1.54, 1.807) is 40.3 Å². The number of ether oxygens (including phenoxy) is 1. The molecule has 0 bridgehead atoms. The Morgan fingerprint density at radius 1 is 1.10 bits per heavy atom. The lowest BCUT2D eigenvalue weighted by Gasteiger charge is -2.13. The van der Waals surface area contributed by atoms with E-state index >= 15 is 0 Å². The monoisotopic (exact) mass is 423 g/mol. The molecule has 0 saturated carbocycles. The van der Waals surface area contributed by atoms with E-state index in [0.717, 1.165) is 11.0 Å². The van der Waals surface area contributed by atoms with Crippen LogP contribution in [0.4, 0.5) is 5.69 Å². The van der Waals surface area contributed by atoms with Crippen LogP contribution in [0.25, 0.3) is 11.0 Å². The predicted molar refractivity (Wildman–Crippen MR) is 117 cm³/mol. The maximum absolute atomic E-state index is 12.7. The fourth-order valence-electron chi connectivity index (χ4n) is 3.77. The first-order chi connectivity index (χ1) is 14.9. The number of nitrogens with zero attached hydrogens (tertiary/aromatic N) is 4. The van der Waals surface area contributed by atoms with Gasteiger partial charge in [-0.3, -0.25) is 18.7 Å². The molecule has 2 heterocycles. The van der Waals surface area contributed by atoms with Gasteiger partial charge in [-0.2, -0.15) is 5.26 Å². The standard InChI is InChI=1S/C22H25N5O4/c1-5-25-18-8-7-16(10-19(18)26(6-2)22(25)30)24-20(28)12-27-14(3)9-15(13-31-4)17(11-23)21(27)29/h7-10H,5-6,12-13H2,1-4H3,(H,24,28). The Hall–Kier alpha value is -3.64. The number of nitrogens with one attached hydrogen (secondary N) is 1. The number of aryl methyl sites for hydroxylation is 3. The van der Waals surface area contributed by atoms with Gasteiger partial charge >= 0.3 is 5.69 Å². The van der Waals surface area contributed by atoms with E-state index < -0.39 is 11.5 Å². The number of fused-ring (bicyclic) bond motifs is 1. The topological polar surface area (TPSA) is 111 Å². The number of hydrogen-bond acceptors (Lipinski definition) is 5. The van der Waals surface area contributed by atoms with Crippen LogP contribution in [-0.4, -0.2) is 26.7 Å². The van der Waals surface area contributed by atoms with Crippen molar-refractivity contribution in [2.45, 2.75) is 47.0 Å². The van der Waals surface area contributed by atoms with Gasteiger partial charge in [-0.15, -0.1) is 0 Å². The molecular weight excluding hydrogens is 398 g/mol. The summed E-state index contributed by atoms with van der Waals surface area (Å²) in [7, 11) is 1.49. The van der Waals surface area contributed by atoms with Gasteiger partial charge in [-0.1, -0.05) is 0 Å². The second-order valence-corrected chi connectivity index (χ2v) is 7.14. The molecule has 0 spiro atoms. The molecule has 3 rings (SSSR count). The number of methoxy groups -OCH3 is 1. The normalized spacial score (nSPS) is 10.9. The molecule has 0 aliphatic rings. The molecule has 1 amide bonds. The zero-order chi connectivity index (χ0) is 22.7. The average molecular weight is 423 g/mol. The van der Waals surface area contributed by atoms with Gasteiger partial charge in [0, 0.05) is 37.1 Å². The van der Waals surface area contributed by atoms with E-state index in [4.69, 9.17) is 4.74 Å². The number of imidazole rings is 1. The third kappa shape index (κ3) is 4.02. The van der Waals surface area contributed by atoms with Crippen molar-refractivity contribution in [3.63, 3.8) is 0 Å². The lowest BCUT2D eigenvalue weighted by Crippen LogP contribution is -2.31. The predicted octanol–water partition coefficient (Wildman–Crippen LogP) is 1.97. The van der Waals surface area contributed by atoms with E-state index in [2.05, 4.69) is 5.32 Å². The van der Waals surface area contributed by atoms with Gasteiger partial charge in [0.25, 0.3) is 5.56 Å². The number of rotatable bonds is 7. The molecule has 0 unspecified atom stereocenters. The number of pyridine rings is 1. The number of amides is 1. The Balaban J connectivity index is 1.91. The molecule has 0 saturated heterocycles. The van der Waals surface area contributed by atoms with Gasteiger partial charge in [-0.25, -0.2) is 4.79 Å². The third-order valence-electron chi connectivity index (χ3n) is 5.24. The molecule has 1 aromatic carbocycles. The maximum atomic E-state index is 12.7. The van der Waals surface area contributed by atoms with Crippen LogP contribution in [0.1, 0.15) is 30.7 Å². The minimum atomic E-state index is -0.528. The van der Waals surface area contributed by atoms with Crippen molar-refractivity contribution in [1.82, 2.24) is 13.7 Å². The zero-order valence-corrected chi connectivity index (χ0v) is 18.1. The molecule has 9 heteroatoms. The Bertz CT molecular complexity index is 1310. The summed E-state index contributed by atoms with van der Waals surface area (Å²) in [5.74, 6) is -0.409. The molecule has 9 nitrogen and oxygen atoms in total. The summed E-state index contributed by atoms with van der Waals surface area (Å²) >= 11 is 0. The van der Waals surface area contributed by atoms with Gasteiger partial charge in [0.15, 0.2) is 0 Å². The van der Waals surface area contributed by atoms with Crippen LogP contribution < -0.4 is 16.6 Å². The summed E-state index contributed by atoms with van der Waals surface area (Å²) in [4.78, 5) is 37.9. The second-order valence-electron chi connectivity index (χ2n) is 7.14. The molecule has 3 aromatic rings. The van der Waals surface area contributed by atoms with Crippen molar-refractivity contribution in [1.29, 1.82) is 5.26 Å². The van der Waals surface area contributed by atoms with E-state index in [9.17, 15) is 19.6 Å². The number of anilines is 1. The van der Waals surface area contributed by atoms with E-state index in [-0.39, 0.29) is 24.4 Å². The molecule has 0 aliphatic heterocycles. The average Bonchev–Trinajstić information content (AvgIpc) is 3.01. The molecule has 0 atom stereocenters. The van der Waals surface area contributed by atoms with Crippen LogP contribution in [0.5, 0.6) is 0 Å². The fraction of sp³-hybridized carbons (Fsp3) is 0.364. The smallest absolute Gasteiger partial charge is 0.329 e. The molecule has 31 heavy (non-hydrogen) atoms.